The largest absolute Gasteiger partial charge is 0.491 e. The van der Waals surface area contributed by atoms with Crippen molar-refractivity contribution in [3.8, 4) is 11.8 Å². The van der Waals surface area contributed by atoms with Gasteiger partial charge >= 0.3 is 5.97 Å². The number of carbonyl (C=O) groups is 1. The van der Waals surface area contributed by atoms with Crippen molar-refractivity contribution >= 4 is 5.97 Å². The third kappa shape index (κ3) is 5.21. The number of benzene rings is 1. The minimum atomic E-state index is -1.01. The van der Waals surface area contributed by atoms with Crippen molar-refractivity contribution in [3.63, 3.8) is 0 Å². The van der Waals surface area contributed by atoms with Crippen LogP contribution in [0.2, 0.25) is 0 Å². The lowest BCUT2D eigenvalue weighted by Gasteiger charge is -2.19. The van der Waals surface area contributed by atoms with Gasteiger partial charge in [0.05, 0.1) is 19.2 Å². The Morgan fingerprint density at radius 2 is 1.93 bits per heavy atom. The standard InChI is InChI=1S/C21H24N2O5/c1-21(2,3)16-5-7-18(8-6-16)28-13-17(24)12-23-11-15(20(26)27-4)9-14(10-22)19(23)25/h5-9,11,17,24H,12-13H2,1-4H3. The highest BCUT2D eigenvalue weighted by molar-refractivity contribution is 5.89. The SMILES string of the molecule is COC(=O)c1cc(C#N)c(=O)n(CC(O)COc2ccc(C(C)(C)C)cc2)c1. The maximum absolute atomic E-state index is 12.2. The second kappa shape index (κ2) is 8.72. The van der Waals surface area contributed by atoms with Crippen molar-refractivity contribution in [1.82, 2.24) is 4.57 Å². The molecule has 1 aromatic heterocycles. The number of ether oxygens (including phenoxy) is 2. The summed E-state index contributed by atoms with van der Waals surface area (Å²) in [4.78, 5) is 23.9. The van der Waals surface area contributed by atoms with Crippen LogP contribution < -0.4 is 10.3 Å². The highest BCUT2D eigenvalue weighted by Crippen LogP contribution is 2.24. The summed E-state index contributed by atoms with van der Waals surface area (Å²) in [6.45, 7) is 6.16. The summed E-state index contributed by atoms with van der Waals surface area (Å²) in [6.07, 6.45) is 0.246. The van der Waals surface area contributed by atoms with E-state index in [0.717, 1.165) is 10.1 Å². The Labute approximate surface area is 163 Å². The average Bonchev–Trinajstić information content (AvgIpc) is 2.67. The zero-order valence-corrected chi connectivity index (χ0v) is 16.4. The molecule has 0 spiro atoms. The van der Waals surface area contributed by atoms with Crippen molar-refractivity contribution in [2.75, 3.05) is 13.7 Å². The predicted molar refractivity (Wildman–Crippen MR) is 103 cm³/mol. The van der Waals surface area contributed by atoms with Crippen LogP contribution in [0.4, 0.5) is 0 Å². The first kappa shape index (κ1) is 21.2. The molecule has 0 aliphatic carbocycles. The third-order valence-electron chi connectivity index (χ3n) is 4.20. The number of hydrogen-bond acceptors (Lipinski definition) is 6. The number of hydrogen-bond donors (Lipinski definition) is 1. The van der Waals surface area contributed by atoms with E-state index in [-0.39, 0.29) is 29.7 Å². The van der Waals surface area contributed by atoms with Crippen LogP contribution >= 0.6 is 0 Å². The maximum atomic E-state index is 12.2. The van der Waals surface area contributed by atoms with Crippen molar-refractivity contribution in [2.45, 2.75) is 38.8 Å². The number of carbonyl (C=O) groups excluding carboxylic acids is 1. The summed E-state index contributed by atoms with van der Waals surface area (Å²) in [5.41, 5.74) is 0.458. The summed E-state index contributed by atoms with van der Waals surface area (Å²) in [5, 5.41) is 19.3. The summed E-state index contributed by atoms with van der Waals surface area (Å²) < 4.78 is 11.3. The van der Waals surface area contributed by atoms with Gasteiger partial charge in [-0.05, 0) is 29.2 Å². The zero-order chi connectivity index (χ0) is 20.9. The first-order valence-corrected chi connectivity index (χ1v) is 8.80. The van der Waals surface area contributed by atoms with Gasteiger partial charge in [-0.25, -0.2) is 4.79 Å². The van der Waals surface area contributed by atoms with E-state index in [1.54, 1.807) is 6.07 Å². The number of pyridine rings is 1. The van der Waals surface area contributed by atoms with Gasteiger partial charge in [0.1, 0.15) is 30.1 Å². The number of methoxy groups -OCH3 is 1. The number of aliphatic hydroxyl groups is 1. The second-order valence-corrected chi connectivity index (χ2v) is 7.44. The van der Waals surface area contributed by atoms with E-state index >= 15 is 0 Å². The normalized spacial score (nSPS) is 12.1. The maximum Gasteiger partial charge on any atom is 0.339 e. The van der Waals surface area contributed by atoms with Crippen LogP contribution in [0.25, 0.3) is 0 Å². The number of nitriles is 1. The number of esters is 1. The van der Waals surface area contributed by atoms with Gasteiger partial charge in [0.2, 0.25) is 0 Å². The fourth-order valence-electron chi connectivity index (χ4n) is 2.60. The molecule has 0 fully saturated rings. The highest BCUT2D eigenvalue weighted by Gasteiger charge is 2.16. The van der Waals surface area contributed by atoms with Crippen LogP contribution in [0.15, 0.2) is 41.3 Å². The molecule has 1 aromatic carbocycles. The Hall–Kier alpha value is -3.11. The minimum absolute atomic E-state index is 0.0301. The van der Waals surface area contributed by atoms with Gasteiger partial charge in [-0.3, -0.25) is 4.79 Å². The monoisotopic (exact) mass is 384 g/mol. The summed E-state index contributed by atoms with van der Waals surface area (Å²) in [6, 6.07) is 10.5. The lowest BCUT2D eigenvalue weighted by atomic mass is 9.87. The molecule has 2 rings (SSSR count). The molecule has 0 bridgehead atoms. The number of aromatic nitrogens is 1. The summed E-state index contributed by atoms with van der Waals surface area (Å²) >= 11 is 0. The van der Waals surface area contributed by atoms with Crippen LogP contribution in [0.5, 0.6) is 5.75 Å². The molecule has 1 atom stereocenters. The molecule has 0 aliphatic rings. The topological polar surface area (TPSA) is 102 Å². The quantitative estimate of drug-likeness (QED) is 0.767. The molecule has 1 unspecified atom stereocenters. The van der Waals surface area contributed by atoms with Gasteiger partial charge in [0, 0.05) is 6.20 Å². The van der Waals surface area contributed by atoms with Crippen LogP contribution in [0, 0.1) is 11.3 Å². The fraction of sp³-hybridized carbons (Fsp3) is 0.381. The number of nitrogens with zero attached hydrogens (tertiary/aromatic N) is 2. The van der Waals surface area contributed by atoms with E-state index in [1.807, 2.05) is 24.3 Å². The molecule has 1 heterocycles. The molecule has 28 heavy (non-hydrogen) atoms. The molecule has 2 aromatic rings. The average molecular weight is 384 g/mol. The fourth-order valence-corrected chi connectivity index (χ4v) is 2.60. The number of aliphatic hydroxyl groups excluding tert-OH is 1. The molecule has 7 heteroatoms. The van der Waals surface area contributed by atoms with Gasteiger partial charge in [-0.2, -0.15) is 5.26 Å². The van der Waals surface area contributed by atoms with E-state index in [2.05, 4.69) is 25.5 Å². The smallest absolute Gasteiger partial charge is 0.339 e. The van der Waals surface area contributed by atoms with E-state index in [1.165, 1.54) is 19.4 Å². The van der Waals surface area contributed by atoms with Gasteiger partial charge in [-0.15, -0.1) is 0 Å². The lowest BCUT2D eigenvalue weighted by molar-refractivity contribution is 0.0597. The molecule has 1 N–H and O–H groups in total. The van der Waals surface area contributed by atoms with E-state index in [9.17, 15) is 14.7 Å². The van der Waals surface area contributed by atoms with E-state index < -0.39 is 17.6 Å². The molecule has 0 saturated carbocycles. The Kier molecular flexibility index (Phi) is 6.60. The van der Waals surface area contributed by atoms with Crippen molar-refractivity contribution in [1.29, 1.82) is 5.26 Å². The molecular formula is C21H24N2O5. The number of rotatable bonds is 6. The summed E-state index contributed by atoms with van der Waals surface area (Å²) in [7, 11) is 1.21. The lowest BCUT2D eigenvalue weighted by Crippen LogP contribution is -2.32. The molecular weight excluding hydrogens is 360 g/mol. The Balaban J connectivity index is 2.08. The van der Waals surface area contributed by atoms with Crippen LogP contribution in [-0.2, 0) is 16.7 Å². The Morgan fingerprint density at radius 1 is 1.29 bits per heavy atom. The van der Waals surface area contributed by atoms with Gasteiger partial charge in [0.25, 0.3) is 5.56 Å². The van der Waals surface area contributed by atoms with Crippen LogP contribution in [0.3, 0.4) is 0 Å². The van der Waals surface area contributed by atoms with E-state index in [0.29, 0.717) is 5.75 Å². The van der Waals surface area contributed by atoms with E-state index in [4.69, 9.17) is 10.00 Å². The summed E-state index contributed by atoms with van der Waals surface area (Å²) in [5.74, 6) is -0.0737. The molecule has 7 nitrogen and oxygen atoms in total. The highest BCUT2D eigenvalue weighted by atomic mass is 16.5. The third-order valence-corrected chi connectivity index (χ3v) is 4.20. The van der Waals surface area contributed by atoms with Gasteiger partial charge in [-0.1, -0.05) is 32.9 Å². The molecule has 0 saturated heterocycles. The second-order valence-electron chi connectivity index (χ2n) is 7.44. The van der Waals surface area contributed by atoms with Crippen molar-refractivity contribution in [2.24, 2.45) is 0 Å². The molecule has 0 amide bonds. The van der Waals surface area contributed by atoms with Crippen LogP contribution in [0.1, 0.15) is 42.3 Å². The zero-order valence-electron chi connectivity index (χ0n) is 16.4. The molecule has 148 valence electrons. The van der Waals surface area contributed by atoms with Crippen molar-refractivity contribution in [3.05, 3.63) is 63.6 Å². The van der Waals surface area contributed by atoms with Crippen molar-refractivity contribution < 1.29 is 19.4 Å². The minimum Gasteiger partial charge on any atom is -0.491 e. The predicted octanol–water partition coefficient (Wildman–Crippen LogP) is 2.24. The Bertz CT molecular complexity index is 933. The van der Waals surface area contributed by atoms with Gasteiger partial charge in [0.15, 0.2) is 0 Å². The molecule has 0 radical (unpaired) electrons. The van der Waals surface area contributed by atoms with Gasteiger partial charge < -0.3 is 19.1 Å². The first-order chi connectivity index (χ1) is 13.2. The first-order valence-electron chi connectivity index (χ1n) is 8.80. The Morgan fingerprint density at radius 3 is 2.46 bits per heavy atom. The van der Waals surface area contributed by atoms with Crippen LogP contribution in [-0.4, -0.2) is 35.5 Å². The molecule has 0 aliphatic heterocycles.